The average molecular weight is 335 g/mol. The first-order valence-corrected chi connectivity index (χ1v) is 9.50. The first-order chi connectivity index (χ1) is 11.0. The Kier molecular flexibility index (Phi) is 4.74. The van der Waals surface area contributed by atoms with Crippen LogP contribution in [0.5, 0.6) is 0 Å². The summed E-state index contributed by atoms with van der Waals surface area (Å²) in [5.41, 5.74) is 1.95. The van der Waals surface area contributed by atoms with E-state index in [0.717, 1.165) is 32.3 Å². The van der Waals surface area contributed by atoms with Crippen molar-refractivity contribution < 1.29 is 8.42 Å². The molecule has 124 valence electrons. The number of hydrogen-bond donors (Lipinski definition) is 1. The molecule has 0 amide bonds. The maximum absolute atomic E-state index is 11.1. The van der Waals surface area contributed by atoms with Gasteiger partial charge in [0.15, 0.2) is 0 Å². The third-order valence-corrected chi connectivity index (χ3v) is 4.61. The lowest BCUT2D eigenvalue weighted by Crippen LogP contribution is -2.21. The van der Waals surface area contributed by atoms with E-state index in [1.165, 1.54) is 5.56 Å². The zero-order valence-electron chi connectivity index (χ0n) is 13.1. The SMILES string of the molecule is CS(=O)(=O)NCc1cn(C2CCN(Cc3ccccc3)C2)nn1. The topological polar surface area (TPSA) is 80.1 Å². The molecule has 2 aromatic rings. The predicted octanol–water partition coefficient (Wildman–Crippen LogP) is 0.774. The third kappa shape index (κ3) is 4.60. The van der Waals surface area contributed by atoms with Gasteiger partial charge in [-0.25, -0.2) is 17.8 Å². The summed E-state index contributed by atoms with van der Waals surface area (Å²) in [5.74, 6) is 0. The smallest absolute Gasteiger partial charge is 0.209 e. The number of aromatic nitrogens is 3. The molecule has 1 aliphatic heterocycles. The number of nitrogens with one attached hydrogen (secondary N) is 1. The third-order valence-electron chi connectivity index (χ3n) is 3.94. The molecule has 0 spiro atoms. The Bertz CT molecular complexity index is 744. The Balaban J connectivity index is 1.56. The van der Waals surface area contributed by atoms with Crippen LogP contribution in [0.2, 0.25) is 0 Å². The molecule has 1 aliphatic rings. The van der Waals surface area contributed by atoms with Gasteiger partial charge in [0.2, 0.25) is 10.0 Å². The molecule has 1 aromatic heterocycles. The van der Waals surface area contributed by atoms with Gasteiger partial charge in [-0.15, -0.1) is 5.10 Å². The summed E-state index contributed by atoms with van der Waals surface area (Å²) < 4.78 is 26.5. The molecule has 0 radical (unpaired) electrons. The van der Waals surface area contributed by atoms with E-state index >= 15 is 0 Å². The molecular weight excluding hydrogens is 314 g/mol. The fraction of sp³-hybridized carbons (Fsp3) is 0.467. The molecule has 8 heteroatoms. The summed E-state index contributed by atoms with van der Waals surface area (Å²) in [6.07, 6.45) is 3.99. The summed E-state index contributed by atoms with van der Waals surface area (Å²) in [4.78, 5) is 2.40. The summed E-state index contributed by atoms with van der Waals surface area (Å²) in [5, 5.41) is 8.19. The Morgan fingerprint density at radius 3 is 2.83 bits per heavy atom. The highest BCUT2D eigenvalue weighted by Crippen LogP contribution is 2.22. The van der Waals surface area contributed by atoms with E-state index in [1.807, 2.05) is 16.9 Å². The molecule has 1 unspecified atom stereocenters. The van der Waals surface area contributed by atoms with Gasteiger partial charge in [0.1, 0.15) is 0 Å². The highest BCUT2D eigenvalue weighted by Gasteiger charge is 2.24. The number of likely N-dealkylation sites (tertiary alicyclic amines) is 1. The van der Waals surface area contributed by atoms with Crippen molar-refractivity contribution in [1.29, 1.82) is 0 Å². The molecule has 3 rings (SSSR count). The fourth-order valence-corrected chi connectivity index (χ4v) is 3.20. The molecule has 0 saturated carbocycles. The van der Waals surface area contributed by atoms with E-state index in [2.05, 4.69) is 44.2 Å². The quantitative estimate of drug-likeness (QED) is 0.844. The minimum absolute atomic E-state index is 0.180. The molecular formula is C15H21N5O2S. The van der Waals surface area contributed by atoms with Crippen molar-refractivity contribution in [2.24, 2.45) is 0 Å². The molecule has 0 bridgehead atoms. The van der Waals surface area contributed by atoms with Gasteiger partial charge in [0, 0.05) is 19.6 Å². The van der Waals surface area contributed by atoms with E-state index in [-0.39, 0.29) is 12.6 Å². The van der Waals surface area contributed by atoms with Crippen molar-refractivity contribution in [1.82, 2.24) is 24.6 Å². The zero-order valence-corrected chi connectivity index (χ0v) is 13.9. The molecule has 1 saturated heterocycles. The maximum Gasteiger partial charge on any atom is 0.209 e. The van der Waals surface area contributed by atoms with E-state index in [4.69, 9.17) is 0 Å². The molecule has 2 heterocycles. The van der Waals surface area contributed by atoms with Crippen molar-refractivity contribution in [3.63, 3.8) is 0 Å². The lowest BCUT2D eigenvalue weighted by molar-refractivity contribution is 0.310. The number of nitrogens with zero attached hydrogens (tertiary/aromatic N) is 4. The second-order valence-electron chi connectivity index (χ2n) is 5.95. The summed E-state index contributed by atoms with van der Waals surface area (Å²) >= 11 is 0. The predicted molar refractivity (Wildman–Crippen MR) is 87.1 cm³/mol. The Hall–Kier alpha value is -1.77. The van der Waals surface area contributed by atoms with E-state index in [9.17, 15) is 8.42 Å². The normalized spacial score (nSPS) is 19.3. The fourth-order valence-electron chi connectivity index (χ4n) is 2.79. The molecule has 1 N–H and O–H groups in total. The highest BCUT2D eigenvalue weighted by molar-refractivity contribution is 7.88. The Labute approximate surface area is 136 Å². The number of hydrogen-bond acceptors (Lipinski definition) is 5. The first kappa shape index (κ1) is 16.1. The van der Waals surface area contributed by atoms with Gasteiger partial charge in [-0.1, -0.05) is 35.5 Å². The van der Waals surface area contributed by atoms with Gasteiger partial charge in [0.25, 0.3) is 0 Å². The van der Waals surface area contributed by atoms with Crippen LogP contribution >= 0.6 is 0 Å². The van der Waals surface area contributed by atoms with Gasteiger partial charge in [-0.05, 0) is 12.0 Å². The minimum atomic E-state index is -3.21. The second-order valence-corrected chi connectivity index (χ2v) is 7.78. The van der Waals surface area contributed by atoms with Gasteiger partial charge in [-0.3, -0.25) is 4.90 Å². The summed E-state index contributed by atoms with van der Waals surface area (Å²) in [7, 11) is -3.21. The largest absolute Gasteiger partial charge is 0.297 e. The molecule has 0 aliphatic carbocycles. The van der Waals surface area contributed by atoms with Crippen LogP contribution in [-0.4, -0.2) is 47.7 Å². The van der Waals surface area contributed by atoms with Crippen LogP contribution < -0.4 is 4.72 Å². The van der Waals surface area contributed by atoms with Crippen LogP contribution in [-0.2, 0) is 23.1 Å². The number of rotatable bonds is 6. The van der Waals surface area contributed by atoms with Crippen LogP contribution in [0.15, 0.2) is 36.5 Å². The highest BCUT2D eigenvalue weighted by atomic mass is 32.2. The van der Waals surface area contributed by atoms with E-state index in [1.54, 1.807) is 0 Å². The standard InChI is InChI=1S/C15H21N5O2S/c1-23(21,22)16-9-14-11-20(18-17-14)15-7-8-19(12-15)10-13-5-3-2-4-6-13/h2-6,11,15-16H,7-10,12H2,1H3. The Morgan fingerprint density at radius 2 is 2.09 bits per heavy atom. The molecule has 7 nitrogen and oxygen atoms in total. The first-order valence-electron chi connectivity index (χ1n) is 7.61. The summed E-state index contributed by atoms with van der Waals surface area (Å²) in [6, 6.07) is 10.7. The number of benzene rings is 1. The van der Waals surface area contributed by atoms with Crippen LogP contribution in [0.25, 0.3) is 0 Å². The lowest BCUT2D eigenvalue weighted by Gasteiger charge is -2.15. The average Bonchev–Trinajstić information content (AvgIpc) is 3.14. The van der Waals surface area contributed by atoms with Crippen molar-refractivity contribution in [3.8, 4) is 0 Å². The van der Waals surface area contributed by atoms with Gasteiger partial charge < -0.3 is 0 Å². The van der Waals surface area contributed by atoms with Crippen LogP contribution in [0.1, 0.15) is 23.7 Å². The van der Waals surface area contributed by atoms with Gasteiger partial charge >= 0.3 is 0 Å². The molecule has 1 atom stereocenters. The maximum atomic E-state index is 11.1. The molecule has 1 aromatic carbocycles. The lowest BCUT2D eigenvalue weighted by atomic mass is 10.2. The van der Waals surface area contributed by atoms with Crippen molar-refractivity contribution in [3.05, 3.63) is 47.8 Å². The van der Waals surface area contributed by atoms with Gasteiger partial charge in [-0.2, -0.15) is 0 Å². The summed E-state index contributed by atoms with van der Waals surface area (Å²) in [6.45, 7) is 3.07. The zero-order chi connectivity index (χ0) is 16.3. The Morgan fingerprint density at radius 1 is 1.30 bits per heavy atom. The van der Waals surface area contributed by atoms with Crippen LogP contribution in [0.4, 0.5) is 0 Å². The minimum Gasteiger partial charge on any atom is -0.297 e. The van der Waals surface area contributed by atoms with Crippen LogP contribution in [0, 0.1) is 0 Å². The van der Waals surface area contributed by atoms with E-state index < -0.39 is 10.0 Å². The monoisotopic (exact) mass is 335 g/mol. The van der Waals surface area contributed by atoms with Crippen molar-refractivity contribution in [2.75, 3.05) is 19.3 Å². The van der Waals surface area contributed by atoms with Crippen molar-refractivity contribution >= 4 is 10.0 Å². The molecule has 23 heavy (non-hydrogen) atoms. The van der Waals surface area contributed by atoms with Gasteiger partial charge in [0.05, 0.1) is 30.7 Å². The molecule has 1 fully saturated rings. The van der Waals surface area contributed by atoms with Crippen molar-refractivity contribution in [2.45, 2.75) is 25.6 Å². The number of sulfonamides is 1. The van der Waals surface area contributed by atoms with Crippen LogP contribution in [0.3, 0.4) is 0 Å². The second kappa shape index (κ2) is 6.77. The van der Waals surface area contributed by atoms with E-state index in [0.29, 0.717) is 5.69 Å².